The molecule has 1 aromatic carbocycles. The maximum Gasteiger partial charge on any atom is 0.264 e. The molecule has 0 bridgehead atoms. The molecule has 0 saturated carbocycles. The van der Waals surface area contributed by atoms with E-state index in [0.29, 0.717) is 22.6 Å². The highest BCUT2D eigenvalue weighted by Gasteiger charge is 2.08. The van der Waals surface area contributed by atoms with Crippen LogP contribution in [0.4, 0.5) is 0 Å². The molecule has 0 fully saturated rings. The Labute approximate surface area is 114 Å². The Kier molecular flexibility index (Phi) is 2.83. The molecule has 3 aromatic rings. The van der Waals surface area contributed by atoms with Gasteiger partial charge in [0.2, 0.25) is 0 Å². The second kappa shape index (κ2) is 4.51. The average Bonchev–Trinajstić information content (AvgIpc) is 2.77. The van der Waals surface area contributed by atoms with E-state index in [9.17, 15) is 4.79 Å². The SMILES string of the molecule is Cn1cc2c(=O)n(Cc3ccccc3Cl)cnc2n1. The van der Waals surface area contributed by atoms with Gasteiger partial charge in [-0.25, -0.2) is 4.98 Å². The summed E-state index contributed by atoms with van der Waals surface area (Å²) in [5.74, 6) is 0. The number of aromatic nitrogens is 4. The van der Waals surface area contributed by atoms with E-state index >= 15 is 0 Å². The van der Waals surface area contributed by atoms with Crippen molar-refractivity contribution in [1.29, 1.82) is 0 Å². The van der Waals surface area contributed by atoms with E-state index in [2.05, 4.69) is 10.1 Å². The van der Waals surface area contributed by atoms with Gasteiger partial charge < -0.3 is 0 Å². The Morgan fingerprint density at radius 1 is 1.32 bits per heavy atom. The lowest BCUT2D eigenvalue weighted by Gasteiger charge is -2.06. The monoisotopic (exact) mass is 274 g/mol. The number of hydrogen-bond acceptors (Lipinski definition) is 3. The van der Waals surface area contributed by atoms with Crippen molar-refractivity contribution in [2.75, 3.05) is 0 Å². The zero-order valence-electron chi connectivity index (χ0n) is 10.2. The number of halogens is 1. The van der Waals surface area contributed by atoms with Crippen molar-refractivity contribution in [3.05, 3.63) is 57.7 Å². The second-order valence-electron chi connectivity index (χ2n) is 4.31. The lowest BCUT2D eigenvalue weighted by atomic mass is 10.2. The summed E-state index contributed by atoms with van der Waals surface area (Å²) in [4.78, 5) is 16.5. The van der Waals surface area contributed by atoms with Crippen molar-refractivity contribution >= 4 is 22.6 Å². The summed E-state index contributed by atoms with van der Waals surface area (Å²) in [5.41, 5.74) is 1.23. The zero-order valence-corrected chi connectivity index (χ0v) is 11.0. The predicted octanol–water partition coefficient (Wildman–Crippen LogP) is 1.83. The minimum absolute atomic E-state index is 0.113. The summed E-state index contributed by atoms with van der Waals surface area (Å²) >= 11 is 6.10. The van der Waals surface area contributed by atoms with Gasteiger partial charge >= 0.3 is 0 Å². The smallest absolute Gasteiger partial charge is 0.264 e. The van der Waals surface area contributed by atoms with E-state index in [1.54, 1.807) is 24.0 Å². The fraction of sp³-hybridized carbons (Fsp3) is 0.154. The second-order valence-corrected chi connectivity index (χ2v) is 4.72. The molecule has 19 heavy (non-hydrogen) atoms. The molecule has 0 saturated heterocycles. The minimum atomic E-state index is -0.113. The van der Waals surface area contributed by atoms with Crippen LogP contribution >= 0.6 is 11.6 Å². The van der Waals surface area contributed by atoms with Gasteiger partial charge in [0.05, 0.1) is 6.54 Å². The molecule has 0 aliphatic heterocycles. The van der Waals surface area contributed by atoms with E-state index in [4.69, 9.17) is 11.6 Å². The van der Waals surface area contributed by atoms with Gasteiger partial charge in [0.1, 0.15) is 11.7 Å². The van der Waals surface area contributed by atoms with Gasteiger partial charge in [0.25, 0.3) is 5.56 Å². The number of fused-ring (bicyclic) bond motifs is 1. The topological polar surface area (TPSA) is 52.7 Å². The van der Waals surface area contributed by atoms with Gasteiger partial charge in [-0.3, -0.25) is 14.0 Å². The Hall–Kier alpha value is -2.14. The minimum Gasteiger partial charge on any atom is -0.294 e. The molecular formula is C13H11ClN4O. The van der Waals surface area contributed by atoms with Crippen molar-refractivity contribution < 1.29 is 0 Å². The fourth-order valence-electron chi connectivity index (χ4n) is 1.98. The van der Waals surface area contributed by atoms with E-state index in [0.717, 1.165) is 5.56 Å². The zero-order chi connectivity index (χ0) is 13.4. The third kappa shape index (κ3) is 2.13. The molecule has 96 valence electrons. The van der Waals surface area contributed by atoms with Crippen molar-refractivity contribution in [2.24, 2.45) is 7.05 Å². The van der Waals surface area contributed by atoms with Crippen LogP contribution in [0.15, 0.2) is 41.6 Å². The molecule has 3 rings (SSSR count). The van der Waals surface area contributed by atoms with Crippen LogP contribution in [0.1, 0.15) is 5.56 Å². The van der Waals surface area contributed by atoms with Crippen LogP contribution < -0.4 is 5.56 Å². The first-order valence-corrected chi connectivity index (χ1v) is 6.15. The first-order valence-electron chi connectivity index (χ1n) is 5.77. The molecule has 0 atom stereocenters. The van der Waals surface area contributed by atoms with E-state index < -0.39 is 0 Å². The highest BCUT2D eigenvalue weighted by molar-refractivity contribution is 6.31. The molecule has 0 aliphatic carbocycles. The van der Waals surface area contributed by atoms with Gasteiger partial charge in [0, 0.05) is 18.3 Å². The molecular weight excluding hydrogens is 264 g/mol. The van der Waals surface area contributed by atoms with Crippen LogP contribution in [-0.4, -0.2) is 19.3 Å². The highest BCUT2D eigenvalue weighted by Crippen LogP contribution is 2.15. The molecule has 6 heteroatoms. The molecule has 0 spiro atoms. The fourth-order valence-corrected chi connectivity index (χ4v) is 2.17. The molecule has 0 radical (unpaired) electrons. The Morgan fingerprint density at radius 2 is 2.11 bits per heavy atom. The lowest BCUT2D eigenvalue weighted by molar-refractivity contribution is 0.746. The Balaban J connectivity index is 2.09. The number of aryl methyl sites for hydroxylation is 1. The van der Waals surface area contributed by atoms with E-state index in [1.807, 2.05) is 18.2 Å². The van der Waals surface area contributed by atoms with Gasteiger partial charge in [-0.2, -0.15) is 5.10 Å². The maximum absolute atomic E-state index is 12.3. The number of benzene rings is 1. The summed E-state index contributed by atoms with van der Waals surface area (Å²) in [6.07, 6.45) is 3.18. The molecule has 0 aliphatic rings. The molecule has 5 nitrogen and oxygen atoms in total. The third-order valence-electron chi connectivity index (χ3n) is 2.92. The molecule has 2 aromatic heterocycles. The third-order valence-corrected chi connectivity index (χ3v) is 3.29. The summed E-state index contributed by atoms with van der Waals surface area (Å²) in [6, 6.07) is 7.44. The first-order chi connectivity index (χ1) is 9.15. The van der Waals surface area contributed by atoms with Gasteiger partial charge in [-0.1, -0.05) is 29.8 Å². The van der Waals surface area contributed by atoms with Crippen molar-refractivity contribution in [3.8, 4) is 0 Å². The van der Waals surface area contributed by atoms with Crippen molar-refractivity contribution in [3.63, 3.8) is 0 Å². The lowest BCUT2D eigenvalue weighted by Crippen LogP contribution is -2.20. The van der Waals surface area contributed by atoms with Crippen LogP contribution in [0.25, 0.3) is 11.0 Å². The van der Waals surface area contributed by atoms with Gasteiger partial charge in [-0.15, -0.1) is 0 Å². The van der Waals surface area contributed by atoms with E-state index in [-0.39, 0.29) is 5.56 Å². The van der Waals surface area contributed by atoms with Crippen molar-refractivity contribution in [1.82, 2.24) is 19.3 Å². The summed E-state index contributed by atoms with van der Waals surface area (Å²) in [7, 11) is 1.76. The van der Waals surface area contributed by atoms with E-state index in [1.165, 1.54) is 10.9 Å². The first kappa shape index (κ1) is 11.9. The van der Waals surface area contributed by atoms with Crippen LogP contribution in [0, 0.1) is 0 Å². The van der Waals surface area contributed by atoms with Crippen LogP contribution in [0.3, 0.4) is 0 Å². The quantitative estimate of drug-likeness (QED) is 0.716. The molecule has 2 heterocycles. The van der Waals surface area contributed by atoms with Crippen LogP contribution in [0.2, 0.25) is 5.02 Å². The average molecular weight is 275 g/mol. The molecule has 0 amide bonds. The summed E-state index contributed by atoms with van der Waals surface area (Å²) < 4.78 is 3.12. The molecule has 0 unspecified atom stereocenters. The number of hydrogen-bond donors (Lipinski definition) is 0. The Morgan fingerprint density at radius 3 is 2.89 bits per heavy atom. The number of rotatable bonds is 2. The van der Waals surface area contributed by atoms with Crippen LogP contribution in [0.5, 0.6) is 0 Å². The maximum atomic E-state index is 12.3. The molecule has 0 N–H and O–H groups in total. The predicted molar refractivity (Wildman–Crippen MR) is 73.3 cm³/mol. The van der Waals surface area contributed by atoms with Crippen LogP contribution in [-0.2, 0) is 13.6 Å². The van der Waals surface area contributed by atoms with Crippen molar-refractivity contribution in [2.45, 2.75) is 6.54 Å². The number of nitrogens with zero attached hydrogens (tertiary/aromatic N) is 4. The summed E-state index contributed by atoms with van der Waals surface area (Å²) in [6.45, 7) is 0.399. The Bertz CT molecular complexity index is 806. The summed E-state index contributed by atoms with van der Waals surface area (Å²) in [5, 5.41) is 5.26. The largest absolute Gasteiger partial charge is 0.294 e. The highest BCUT2D eigenvalue weighted by atomic mass is 35.5. The van der Waals surface area contributed by atoms with Gasteiger partial charge in [0.15, 0.2) is 5.65 Å². The normalized spacial score (nSPS) is 11.1. The standard InChI is InChI=1S/C13H11ClN4O/c1-17-7-10-12(16-17)15-8-18(13(10)19)6-9-4-2-3-5-11(9)14/h2-5,7-8H,6H2,1H3. The van der Waals surface area contributed by atoms with Gasteiger partial charge in [-0.05, 0) is 11.6 Å².